The van der Waals surface area contributed by atoms with Crippen LogP contribution in [-0.2, 0) is 26.7 Å². The van der Waals surface area contributed by atoms with Crippen molar-refractivity contribution in [3.05, 3.63) is 39.1 Å². The number of nitriles is 1. The highest BCUT2D eigenvalue weighted by Crippen LogP contribution is 2.38. The molecule has 0 saturated heterocycles. The molecule has 248 valence electrons. The smallest absolute Gasteiger partial charge is 0.296 e. The molecular weight excluding hydrogens is 722 g/mol. The highest BCUT2D eigenvalue weighted by molar-refractivity contribution is 8.13. The van der Waals surface area contributed by atoms with Gasteiger partial charge in [-0.3, -0.25) is 13.9 Å². The molecule has 1 atom stereocenters. The number of rotatable bonds is 7. The fraction of sp³-hybridized carbons (Fsp3) is 0.417. The van der Waals surface area contributed by atoms with Gasteiger partial charge in [-0.1, -0.05) is 40.4 Å². The van der Waals surface area contributed by atoms with Crippen molar-refractivity contribution in [1.82, 2.24) is 18.4 Å². The van der Waals surface area contributed by atoms with E-state index in [1.165, 1.54) is 37.6 Å². The van der Waals surface area contributed by atoms with Crippen molar-refractivity contribution in [2.75, 3.05) is 32.4 Å². The number of oxime groups is 2. The summed E-state index contributed by atoms with van der Waals surface area (Å²) in [6.07, 6.45) is -2.40. The van der Waals surface area contributed by atoms with E-state index in [4.69, 9.17) is 28.5 Å². The lowest BCUT2D eigenvalue weighted by Gasteiger charge is -2.19. The average molecular weight is 751 g/mol. The van der Waals surface area contributed by atoms with Crippen LogP contribution in [0.25, 0.3) is 5.69 Å². The molecule has 0 aliphatic rings. The Labute approximate surface area is 283 Å². The molecule has 1 heterocycles. The zero-order valence-corrected chi connectivity index (χ0v) is 29.8. The molecule has 45 heavy (non-hydrogen) atoms. The zero-order valence-electron chi connectivity index (χ0n) is 25.1. The summed E-state index contributed by atoms with van der Waals surface area (Å²) >= 11 is 15.4. The maximum absolute atomic E-state index is 12.8. The van der Waals surface area contributed by atoms with E-state index in [1.807, 2.05) is 18.6 Å². The SMILES string of the molecule is CCS(=O)c1c(C#N)nn(-c2c(Cl)cc(C(F)(F)F)cc2Cl)c1C.CS/C(C)=N/OC(=O)N(C)SN(C)C(=O)O/N=C(\C)SC. The summed E-state index contributed by atoms with van der Waals surface area (Å²) in [7, 11) is 1.41. The third-order valence-corrected chi connectivity index (χ3v) is 9.23. The molecule has 0 aliphatic heterocycles. The number of hydrogen-bond donors (Lipinski definition) is 0. The van der Waals surface area contributed by atoms with Gasteiger partial charge in [0.05, 0.1) is 49.1 Å². The first kappa shape index (κ1) is 40.4. The molecule has 1 aromatic heterocycles. The molecule has 2 aromatic rings. The molecular formula is C24H28Cl2F3N7O5S4. The van der Waals surface area contributed by atoms with E-state index in [9.17, 15) is 27.0 Å². The summed E-state index contributed by atoms with van der Waals surface area (Å²) in [6, 6.07) is 3.28. The van der Waals surface area contributed by atoms with Crippen LogP contribution < -0.4 is 0 Å². The van der Waals surface area contributed by atoms with E-state index in [0.717, 1.165) is 37.6 Å². The molecule has 1 aromatic carbocycles. The van der Waals surface area contributed by atoms with Gasteiger partial charge in [0.1, 0.15) is 21.8 Å². The molecule has 0 radical (unpaired) electrons. The second-order valence-corrected chi connectivity index (χ2v) is 13.9. The Morgan fingerprint density at radius 3 is 1.87 bits per heavy atom. The lowest BCUT2D eigenvalue weighted by molar-refractivity contribution is -0.137. The summed E-state index contributed by atoms with van der Waals surface area (Å²) < 4.78 is 53.9. The van der Waals surface area contributed by atoms with Crippen LogP contribution in [0.4, 0.5) is 22.8 Å². The van der Waals surface area contributed by atoms with Gasteiger partial charge < -0.3 is 0 Å². The zero-order chi connectivity index (χ0) is 34.6. The van der Waals surface area contributed by atoms with E-state index in [0.29, 0.717) is 15.8 Å². The Balaban J connectivity index is 0.000000455. The van der Waals surface area contributed by atoms with Crippen LogP contribution in [0.3, 0.4) is 0 Å². The maximum atomic E-state index is 12.8. The lowest BCUT2D eigenvalue weighted by atomic mass is 10.2. The summed E-state index contributed by atoms with van der Waals surface area (Å²) in [4.78, 5) is 32.7. The largest absolute Gasteiger partial charge is 0.447 e. The van der Waals surface area contributed by atoms with Crippen molar-refractivity contribution in [2.45, 2.75) is 38.8 Å². The first-order valence-electron chi connectivity index (χ1n) is 12.1. The van der Waals surface area contributed by atoms with Crippen molar-refractivity contribution in [1.29, 1.82) is 5.26 Å². The lowest BCUT2D eigenvalue weighted by Crippen LogP contribution is -2.28. The Kier molecular flexibility index (Phi) is 16.6. The quantitative estimate of drug-likeness (QED) is 0.0914. The number of carbonyl (C=O) groups excluding carboxylic acids is 2. The molecule has 0 N–H and O–H groups in total. The molecule has 2 rings (SSSR count). The molecule has 12 nitrogen and oxygen atoms in total. The minimum atomic E-state index is -4.60. The molecule has 2 amide bonds. The maximum Gasteiger partial charge on any atom is 0.447 e. The van der Waals surface area contributed by atoms with Crippen molar-refractivity contribution >= 4 is 91.9 Å². The van der Waals surface area contributed by atoms with Crippen LogP contribution in [0.15, 0.2) is 27.3 Å². The summed E-state index contributed by atoms with van der Waals surface area (Å²) in [5.41, 5.74) is -0.751. The highest BCUT2D eigenvalue weighted by atomic mass is 35.5. The van der Waals surface area contributed by atoms with Gasteiger partial charge in [0.25, 0.3) is 0 Å². The van der Waals surface area contributed by atoms with Gasteiger partial charge in [-0.15, -0.1) is 23.5 Å². The van der Waals surface area contributed by atoms with E-state index >= 15 is 0 Å². The summed E-state index contributed by atoms with van der Waals surface area (Å²) in [5.74, 6) is 0.260. The number of aromatic nitrogens is 2. The van der Waals surface area contributed by atoms with Crippen molar-refractivity contribution in [3.8, 4) is 11.8 Å². The van der Waals surface area contributed by atoms with Crippen molar-refractivity contribution in [2.24, 2.45) is 10.3 Å². The van der Waals surface area contributed by atoms with Crippen LogP contribution >= 0.6 is 58.9 Å². The normalized spacial score (nSPS) is 12.4. The van der Waals surface area contributed by atoms with E-state index in [-0.39, 0.29) is 32.1 Å². The number of halogens is 5. The summed E-state index contributed by atoms with van der Waals surface area (Å²) in [6.45, 7) is 6.63. The van der Waals surface area contributed by atoms with Gasteiger partial charge in [-0.2, -0.15) is 23.5 Å². The fourth-order valence-corrected chi connectivity index (χ4v) is 5.22. The molecule has 21 heteroatoms. The van der Waals surface area contributed by atoms with Crippen LogP contribution in [0.5, 0.6) is 0 Å². The first-order chi connectivity index (χ1) is 20.9. The average Bonchev–Trinajstić information content (AvgIpc) is 3.32. The summed E-state index contributed by atoms with van der Waals surface area (Å²) in [5, 5.41) is 21.0. The Hall–Kier alpha value is -2.63. The number of alkyl halides is 3. The van der Waals surface area contributed by atoms with E-state index in [2.05, 4.69) is 25.1 Å². The first-order valence-corrected chi connectivity index (χ1v) is 17.4. The Bertz CT molecular complexity index is 1460. The molecule has 0 fully saturated rings. The van der Waals surface area contributed by atoms with Gasteiger partial charge in [0.2, 0.25) is 0 Å². The van der Waals surface area contributed by atoms with Gasteiger partial charge in [0, 0.05) is 19.8 Å². The van der Waals surface area contributed by atoms with Gasteiger partial charge in [0.15, 0.2) is 5.69 Å². The minimum Gasteiger partial charge on any atom is -0.296 e. The molecule has 0 bridgehead atoms. The Morgan fingerprint density at radius 2 is 1.51 bits per heavy atom. The number of carbonyl (C=O) groups is 2. The molecule has 0 aliphatic carbocycles. The Morgan fingerprint density at radius 1 is 1.07 bits per heavy atom. The van der Waals surface area contributed by atoms with Crippen LogP contribution in [0.1, 0.15) is 37.7 Å². The predicted octanol–water partition coefficient (Wildman–Crippen LogP) is 7.58. The molecule has 0 saturated carbocycles. The van der Waals surface area contributed by atoms with E-state index in [1.54, 1.807) is 27.7 Å². The fourth-order valence-electron chi connectivity index (χ4n) is 2.77. The third-order valence-electron chi connectivity index (χ3n) is 5.07. The minimum absolute atomic E-state index is 0.000290. The van der Waals surface area contributed by atoms with Crippen LogP contribution in [0, 0.1) is 18.3 Å². The standard InChI is InChI=1S/C14H10Cl2F3N3OS.C10H18N4O4S3/c1-3-24(23)13-7(2)22(21-11(13)6-20)12-9(15)4-8(5-10(12)16)14(17,18)19;1-7(19-5)11-17-9(15)13(3)21-14(4)10(16)18-12-8(2)20-6/h4-5H,3H2,1-2H3;1-6H3/b;11-7+,12-8+. The number of benzene rings is 1. The van der Waals surface area contributed by atoms with Gasteiger partial charge >= 0.3 is 18.4 Å². The third kappa shape index (κ3) is 11.9. The van der Waals surface area contributed by atoms with Crippen molar-refractivity contribution < 1.29 is 36.6 Å². The molecule has 0 spiro atoms. The number of nitrogens with zero attached hydrogens (tertiary/aromatic N) is 7. The monoisotopic (exact) mass is 749 g/mol. The van der Waals surface area contributed by atoms with Crippen LogP contribution in [-0.4, -0.2) is 77.2 Å². The molecule has 1 unspecified atom stereocenters. The number of amides is 2. The van der Waals surface area contributed by atoms with E-state index < -0.39 is 34.7 Å². The number of thioether (sulfide) groups is 2. The highest BCUT2D eigenvalue weighted by Gasteiger charge is 2.33. The topological polar surface area (TPSA) is 142 Å². The van der Waals surface area contributed by atoms with Crippen molar-refractivity contribution in [3.63, 3.8) is 0 Å². The predicted molar refractivity (Wildman–Crippen MR) is 174 cm³/mol. The van der Waals surface area contributed by atoms with Crippen LogP contribution in [0.2, 0.25) is 10.0 Å². The van der Waals surface area contributed by atoms with Gasteiger partial charge in [-0.05, 0) is 45.4 Å². The second-order valence-electron chi connectivity index (χ2n) is 8.13. The number of hydrogen-bond acceptors (Lipinski definition) is 12. The van der Waals surface area contributed by atoms with Gasteiger partial charge in [-0.25, -0.2) is 22.9 Å². The second kappa shape index (κ2) is 18.5.